The van der Waals surface area contributed by atoms with E-state index in [0.29, 0.717) is 17.7 Å². The first-order valence-corrected chi connectivity index (χ1v) is 9.57. The second-order valence-corrected chi connectivity index (χ2v) is 7.38. The summed E-state index contributed by atoms with van der Waals surface area (Å²) in [5.41, 5.74) is -0.886. The number of imidazole rings is 1. The standard InChI is InChI=1S/C20H19F3N6O2/c21-20(22,23)11-8-13-16(14(30)9-11)28-15(27-13)5-6-26-19(31)12-2-1-7-29(18(12)25)17(24)10-3-4-10/h1-2,7-10,24-25,30H,3-6H2,(H,26,31)(H,27,28). The number of phenolic OH excluding ortho intramolecular Hbond substituents is 1. The number of benzene rings is 1. The third-order valence-electron chi connectivity index (χ3n) is 5.05. The number of carbonyl (C=O) groups excluding carboxylic acids is 1. The zero-order valence-corrected chi connectivity index (χ0v) is 16.2. The Labute approximate surface area is 173 Å². The number of alkyl halides is 3. The Morgan fingerprint density at radius 1 is 1.35 bits per heavy atom. The Hall–Kier alpha value is -3.63. The number of phenols is 1. The van der Waals surface area contributed by atoms with Crippen molar-refractivity contribution in [1.82, 2.24) is 19.9 Å². The Bertz CT molecular complexity index is 1240. The van der Waals surface area contributed by atoms with Crippen molar-refractivity contribution in [2.24, 2.45) is 5.92 Å². The highest BCUT2D eigenvalue weighted by Gasteiger charge is 2.32. The molecular weight excluding hydrogens is 413 g/mol. The minimum absolute atomic E-state index is 0.0189. The maximum atomic E-state index is 12.9. The van der Waals surface area contributed by atoms with Crippen LogP contribution in [0.2, 0.25) is 0 Å². The SMILES string of the molecule is N=C(C1CC1)n1cccc(C(=O)NCCc2nc3c(O)cc(C(F)(F)F)cc3[nH]2)c1=N. The van der Waals surface area contributed by atoms with Gasteiger partial charge in [0.2, 0.25) is 0 Å². The molecular formula is C20H19F3N6O2. The first kappa shape index (κ1) is 20.6. The Kier molecular flexibility index (Phi) is 5.03. The van der Waals surface area contributed by atoms with Gasteiger partial charge in [0.05, 0.1) is 16.6 Å². The van der Waals surface area contributed by atoms with Gasteiger partial charge in [-0.15, -0.1) is 0 Å². The number of hydrogen-bond donors (Lipinski definition) is 5. The van der Waals surface area contributed by atoms with Crippen LogP contribution in [0.3, 0.4) is 0 Å². The molecule has 11 heteroatoms. The van der Waals surface area contributed by atoms with Crippen LogP contribution in [0.15, 0.2) is 30.5 Å². The minimum atomic E-state index is -4.60. The molecule has 3 aromatic rings. The fourth-order valence-electron chi connectivity index (χ4n) is 3.27. The number of fused-ring (bicyclic) bond motifs is 1. The highest BCUT2D eigenvalue weighted by molar-refractivity contribution is 5.95. The molecule has 1 aliphatic rings. The topological polar surface area (TPSA) is 131 Å². The van der Waals surface area contributed by atoms with E-state index in [1.54, 1.807) is 12.3 Å². The van der Waals surface area contributed by atoms with E-state index in [9.17, 15) is 23.1 Å². The molecule has 0 atom stereocenters. The molecule has 4 rings (SSSR count). The van der Waals surface area contributed by atoms with E-state index in [2.05, 4.69) is 15.3 Å². The molecule has 2 aromatic heterocycles. The smallest absolute Gasteiger partial charge is 0.416 e. The van der Waals surface area contributed by atoms with Crippen molar-refractivity contribution in [3.05, 3.63) is 52.9 Å². The normalized spacial score (nSPS) is 14.0. The van der Waals surface area contributed by atoms with E-state index < -0.39 is 23.4 Å². The highest BCUT2D eigenvalue weighted by atomic mass is 19.4. The number of aromatic nitrogens is 3. The first-order valence-electron chi connectivity index (χ1n) is 9.57. The lowest BCUT2D eigenvalue weighted by Crippen LogP contribution is -2.36. The number of aromatic amines is 1. The number of halogens is 3. The third-order valence-corrected chi connectivity index (χ3v) is 5.05. The minimum Gasteiger partial charge on any atom is -0.506 e. The average Bonchev–Trinajstić information content (AvgIpc) is 3.47. The number of rotatable bonds is 5. The molecule has 0 unspecified atom stereocenters. The summed E-state index contributed by atoms with van der Waals surface area (Å²) in [6, 6.07) is 4.58. The average molecular weight is 432 g/mol. The highest BCUT2D eigenvalue weighted by Crippen LogP contribution is 2.35. The zero-order valence-electron chi connectivity index (χ0n) is 16.2. The number of nitrogens with zero attached hydrogens (tertiary/aromatic N) is 2. The third kappa shape index (κ3) is 4.16. The maximum Gasteiger partial charge on any atom is 0.416 e. The predicted octanol–water partition coefficient (Wildman–Crippen LogP) is 2.78. The molecule has 0 bridgehead atoms. The number of nitrogens with one attached hydrogen (secondary N) is 4. The number of hydrogen-bond acceptors (Lipinski definition) is 5. The van der Waals surface area contributed by atoms with Gasteiger partial charge in [0, 0.05) is 25.1 Å². The molecule has 8 nitrogen and oxygen atoms in total. The van der Waals surface area contributed by atoms with Crippen molar-refractivity contribution in [1.29, 1.82) is 10.8 Å². The molecule has 1 fully saturated rings. The fraction of sp³-hybridized carbons (Fsp3) is 0.300. The van der Waals surface area contributed by atoms with E-state index in [0.717, 1.165) is 18.9 Å². The summed E-state index contributed by atoms with van der Waals surface area (Å²) in [4.78, 5) is 19.3. The van der Waals surface area contributed by atoms with Gasteiger partial charge >= 0.3 is 6.18 Å². The molecule has 1 saturated carbocycles. The second-order valence-electron chi connectivity index (χ2n) is 7.38. The van der Waals surface area contributed by atoms with Crippen LogP contribution in [0.1, 0.15) is 34.6 Å². The lowest BCUT2D eigenvalue weighted by molar-refractivity contribution is -0.137. The predicted molar refractivity (Wildman–Crippen MR) is 105 cm³/mol. The van der Waals surface area contributed by atoms with Crippen molar-refractivity contribution >= 4 is 22.8 Å². The van der Waals surface area contributed by atoms with E-state index in [1.807, 2.05) is 0 Å². The molecule has 1 amide bonds. The molecule has 5 N–H and O–H groups in total. The van der Waals surface area contributed by atoms with Gasteiger partial charge in [-0.05, 0) is 37.1 Å². The first-order chi connectivity index (χ1) is 14.6. The van der Waals surface area contributed by atoms with Crippen LogP contribution in [-0.2, 0) is 12.6 Å². The van der Waals surface area contributed by atoms with Gasteiger partial charge in [-0.3, -0.25) is 20.2 Å². The number of aromatic hydroxyl groups is 1. The van der Waals surface area contributed by atoms with E-state index >= 15 is 0 Å². The summed E-state index contributed by atoms with van der Waals surface area (Å²) in [5, 5.41) is 28.8. The van der Waals surface area contributed by atoms with Gasteiger partial charge in [0.1, 0.15) is 28.4 Å². The number of carbonyl (C=O) groups is 1. The van der Waals surface area contributed by atoms with Crippen molar-refractivity contribution < 1.29 is 23.1 Å². The van der Waals surface area contributed by atoms with Crippen molar-refractivity contribution in [3.63, 3.8) is 0 Å². The molecule has 162 valence electrons. The summed E-state index contributed by atoms with van der Waals surface area (Å²) in [7, 11) is 0. The Balaban J connectivity index is 1.45. The molecule has 1 aromatic carbocycles. The molecule has 0 spiro atoms. The van der Waals surface area contributed by atoms with Crippen LogP contribution in [0, 0.1) is 16.7 Å². The van der Waals surface area contributed by atoms with Crippen LogP contribution < -0.4 is 10.8 Å². The van der Waals surface area contributed by atoms with Crippen LogP contribution >= 0.6 is 0 Å². The lowest BCUT2D eigenvalue weighted by atomic mass is 10.2. The van der Waals surface area contributed by atoms with Crippen LogP contribution in [0.5, 0.6) is 5.75 Å². The largest absolute Gasteiger partial charge is 0.506 e. The molecule has 0 aliphatic heterocycles. The summed E-state index contributed by atoms with van der Waals surface area (Å²) in [5.74, 6) is -0.368. The molecule has 0 radical (unpaired) electrons. The molecule has 2 heterocycles. The lowest BCUT2D eigenvalue weighted by Gasteiger charge is -2.10. The van der Waals surface area contributed by atoms with Gasteiger partial charge in [-0.25, -0.2) is 4.98 Å². The van der Waals surface area contributed by atoms with Crippen LogP contribution in [0.25, 0.3) is 11.0 Å². The van der Waals surface area contributed by atoms with Gasteiger partial charge in [-0.2, -0.15) is 13.2 Å². The van der Waals surface area contributed by atoms with Crippen molar-refractivity contribution in [3.8, 4) is 5.75 Å². The summed E-state index contributed by atoms with van der Waals surface area (Å²) in [6.07, 6.45) is -1.03. The molecule has 31 heavy (non-hydrogen) atoms. The van der Waals surface area contributed by atoms with E-state index in [-0.39, 0.29) is 41.0 Å². The molecule has 0 saturated heterocycles. The van der Waals surface area contributed by atoms with Crippen molar-refractivity contribution in [2.75, 3.05) is 6.54 Å². The van der Waals surface area contributed by atoms with Gasteiger partial charge < -0.3 is 15.4 Å². The van der Waals surface area contributed by atoms with Crippen LogP contribution in [0.4, 0.5) is 13.2 Å². The summed E-state index contributed by atoms with van der Waals surface area (Å²) >= 11 is 0. The number of amides is 1. The van der Waals surface area contributed by atoms with Gasteiger partial charge in [-0.1, -0.05) is 0 Å². The van der Waals surface area contributed by atoms with E-state index in [4.69, 9.17) is 10.8 Å². The monoisotopic (exact) mass is 432 g/mol. The Morgan fingerprint density at radius 3 is 2.77 bits per heavy atom. The van der Waals surface area contributed by atoms with E-state index in [1.165, 1.54) is 10.6 Å². The number of H-pyrrole nitrogens is 1. The zero-order chi connectivity index (χ0) is 22.3. The molecule has 1 aliphatic carbocycles. The second kappa shape index (κ2) is 7.56. The van der Waals surface area contributed by atoms with Crippen molar-refractivity contribution in [2.45, 2.75) is 25.4 Å². The van der Waals surface area contributed by atoms with Gasteiger partial charge in [0.25, 0.3) is 5.91 Å². The number of pyridine rings is 1. The van der Waals surface area contributed by atoms with Crippen LogP contribution in [-0.4, -0.2) is 37.9 Å². The fourth-order valence-corrected chi connectivity index (χ4v) is 3.27. The maximum absolute atomic E-state index is 12.9. The quantitative estimate of drug-likeness (QED) is 0.314. The summed E-state index contributed by atoms with van der Waals surface area (Å²) < 4.78 is 40.1. The van der Waals surface area contributed by atoms with Gasteiger partial charge in [0.15, 0.2) is 0 Å². The Morgan fingerprint density at radius 2 is 2.10 bits per heavy atom. The summed E-state index contributed by atoms with van der Waals surface area (Å²) in [6.45, 7) is 0.111.